The van der Waals surface area contributed by atoms with Crippen LogP contribution < -0.4 is 5.32 Å². The van der Waals surface area contributed by atoms with Gasteiger partial charge in [-0.3, -0.25) is 9.59 Å². The first-order valence-electron chi connectivity index (χ1n) is 8.73. The molecule has 1 aliphatic rings. The normalized spacial score (nSPS) is 23.2. The molecule has 1 saturated heterocycles. The van der Waals surface area contributed by atoms with E-state index in [1.54, 1.807) is 6.92 Å². The molecule has 0 radical (unpaired) electrons. The zero-order valence-corrected chi connectivity index (χ0v) is 14.4. The molecule has 2 aromatic carbocycles. The molecule has 4 nitrogen and oxygen atoms in total. The summed E-state index contributed by atoms with van der Waals surface area (Å²) in [6, 6.07) is 19.6. The molecule has 0 unspecified atom stereocenters. The highest BCUT2D eigenvalue weighted by molar-refractivity contribution is 5.87. The Morgan fingerprint density at radius 3 is 2.24 bits per heavy atom. The zero-order valence-electron chi connectivity index (χ0n) is 14.4. The molecule has 0 aliphatic carbocycles. The predicted octanol–water partition coefficient (Wildman–Crippen LogP) is 3.60. The molecule has 1 fully saturated rings. The lowest BCUT2D eigenvalue weighted by Crippen LogP contribution is -2.43. The van der Waals surface area contributed by atoms with Crippen LogP contribution in [-0.4, -0.2) is 18.4 Å². The van der Waals surface area contributed by atoms with Crippen molar-refractivity contribution in [3.8, 4) is 0 Å². The van der Waals surface area contributed by atoms with Crippen LogP contribution in [0.2, 0.25) is 0 Å². The minimum atomic E-state index is -0.401. The maximum absolute atomic E-state index is 12.9. The summed E-state index contributed by atoms with van der Waals surface area (Å²) in [5.41, 5.74) is 2.11. The lowest BCUT2D eigenvalue weighted by atomic mass is 9.79. The molecular formula is C21H23NO3. The minimum absolute atomic E-state index is 0.0441. The van der Waals surface area contributed by atoms with Gasteiger partial charge in [-0.05, 0) is 18.1 Å². The average Bonchev–Trinajstić information content (AvgIpc) is 2.65. The van der Waals surface area contributed by atoms with Gasteiger partial charge >= 0.3 is 5.97 Å². The molecule has 25 heavy (non-hydrogen) atoms. The number of Topliss-reactive ketones (excluding diaryl/α,β-unsaturated/α-hetero) is 1. The number of ether oxygens (including phenoxy) is 1. The van der Waals surface area contributed by atoms with Crippen molar-refractivity contribution in [2.75, 3.05) is 6.61 Å². The lowest BCUT2D eigenvalue weighted by molar-refractivity contribution is -0.147. The van der Waals surface area contributed by atoms with Crippen molar-refractivity contribution >= 4 is 11.8 Å². The van der Waals surface area contributed by atoms with Crippen LogP contribution in [0, 0.1) is 5.92 Å². The maximum atomic E-state index is 12.9. The summed E-state index contributed by atoms with van der Waals surface area (Å²) in [7, 11) is 0. The second kappa shape index (κ2) is 8.08. The van der Waals surface area contributed by atoms with Crippen molar-refractivity contribution in [3.05, 3.63) is 71.8 Å². The van der Waals surface area contributed by atoms with Crippen molar-refractivity contribution < 1.29 is 14.3 Å². The van der Waals surface area contributed by atoms with Gasteiger partial charge in [-0.1, -0.05) is 60.7 Å². The first-order valence-corrected chi connectivity index (χ1v) is 8.73. The molecule has 2 aromatic rings. The fourth-order valence-corrected chi connectivity index (χ4v) is 3.45. The smallest absolute Gasteiger partial charge is 0.306 e. The third-order valence-corrected chi connectivity index (χ3v) is 4.65. The van der Waals surface area contributed by atoms with E-state index in [0.29, 0.717) is 13.0 Å². The number of ketones is 1. The Morgan fingerprint density at radius 2 is 1.64 bits per heavy atom. The second-order valence-corrected chi connectivity index (χ2v) is 6.30. The molecule has 130 valence electrons. The first kappa shape index (κ1) is 17.4. The van der Waals surface area contributed by atoms with Gasteiger partial charge in [0, 0.05) is 24.4 Å². The summed E-state index contributed by atoms with van der Waals surface area (Å²) >= 11 is 0. The van der Waals surface area contributed by atoms with Crippen LogP contribution in [0.4, 0.5) is 0 Å². The summed E-state index contributed by atoms with van der Waals surface area (Å²) < 4.78 is 5.07. The van der Waals surface area contributed by atoms with Gasteiger partial charge in [0.05, 0.1) is 13.0 Å². The standard InChI is InChI=1S/C21H23NO3/c1-2-25-20(24)13-17-19(23)14-18(15-9-5-3-6-10-15)22-21(17)16-11-7-4-8-12-16/h3-12,17-18,21-22H,2,13-14H2,1H3/t17-,18+,21-/m1/s1. The third-order valence-electron chi connectivity index (χ3n) is 4.65. The molecule has 1 heterocycles. The van der Waals surface area contributed by atoms with Crippen molar-refractivity contribution in [2.45, 2.75) is 31.8 Å². The van der Waals surface area contributed by atoms with Gasteiger partial charge in [0.25, 0.3) is 0 Å². The molecule has 0 amide bonds. The Kier molecular flexibility index (Phi) is 5.61. The van der Waals surface area contributed by atoms with E-state index in [1.807, 2.05) is 60.7 Å². The molecule has 0 spiro atoms. The zero-order chi connectivity index (χ0) is 17.6. The number of benzene rings is 2. The molecular weight excluding hydrogens is 314 g/mol. The highest BCUT2D eigenvalue weighted by Gasteiger charge is 2.38. The van der Waals surface area contributed by atoms with E-state index in [-0.39, 0.29) is 30.3 Å². The van der Waals surface area contributed by atoms with Gasteiger partial charge in [0.2, 0.25) is 0 Å². The van der Waals surface area contributed by atoms with Crippen molar-refractivity contribution in [3.63, 3.8) is 0 Å². The molecule has 0 aromatic heterocycles. The number of nitrogens with one attached hydrogen (secondary N) is 1. The highest BCUT2D eigenvalue weighted by Crippen LogP contribution is 2.36. The third kappa shape index (κ3) is 4.15. The summed E-state index contributed by atoms with van der Waals surface area (Å²) in [4.78, 5) is 24.8. The minimum Gasteiger partial charge on any atom is -0.466 e. The fourth-order valence-electron chi connectivity index (χ4n) is 3.45. The molecule has 1 aliphatic heterocycles. The molecule has 0 bridgehead atoms. The number of carbonyl (C=O) groups is 2. The number of piperidine rings is 1. The Labute approximate surface area is 148 Å². The topological polar surface area (TPSA) is 55.4 Å². The van der Waals surface area contributed by atoms with E-state index in [2.05, 4.69) is 5.32 Å². The monoisotopic (exact) mass is 337 g/mol. The van der Waals surface area contributed by atoms with Gasteiger partial charge in [0.15, 0.2) is 0 Å². The van der Waals surface area contributed by atoms with E-state index >= 15 is 0 Å². The number of hydrogen-bond acceptors (Lipinski definition) is 4. The fraction of sp³-hybridized carbons (Fsp3) is 0.333. The van der Waals surface area contributed by atoms with Crippen molar-refractivity contribution in [1.82, 2.24) is 5.32 Å². The van der Waals surface area contributed by atoms with Crippen LogP contribution in [0.5, 0.6) is 0 Å². The van der Waals surface area contributed by atoms with Gasteiger partial charge in [-0.2, -0.15) is 0 Å². The molecule has 3 rings (SSSR count). The number of esters is 1. The summed E-state index contributed by atoms with van der Waals surface area (Å²) in [6.07, 6.45) is 0.498. The SMILES string of the molecule is CCOC(=O)C[C@@H]1C(=O)C[C@@H](c2ccccc2)N[C@@H]1c1ccccc1. The van der Waals surface area contributed by atoms with Crippen molar-refractivity contribution in [2.24, 2.45) is 5.92 Å². The van der Waals surface area contributed by atoms with Crippen LogP contribution in [0.3, 0.4) is 0 Å². The van der Waals surface area contributed by atoms with Gasteiger partial charge in [0.1, 0.15) is 5.78 Å². The Morgan fingerprint density at radius 1 is 1.04 bits per heavy atom. The molecule has 4 heteroatoms. The lowest BCUT2D eigenvalue weighted by Gasteiger charge is -2.36. The van der Waals surface area contributed by atoms with Crippen LogP contribution in [0.15, 0.2) is 60.7 Å². The molecule has 1 N–H and O–H groups in total. The van der Waals surface area contributed by atoms with Crippen LogP contribution in [0.25, 0.3) is 0 Å². The van der Waals surface area contributed by atoms with Gasteiger partial charge in [-0.15, -0.1) is 0 Å². The molecule has 0 saturated carbocycles. The Bertz CT molecular complexity index is 714. The number of hydrogen-bond donors (Lipinski definition) is 1. The largest absolute Gasteiger partial charge is 0.466 e. The number of rotatable bonds is 5. The van der Waals surface area contributed by atoms with E-state index in [0.717, 1.165) is 11.1 Å². The van der Waals surface area contributed by atoms with Crippen LogP contribution in [0.1, 0.15) is 43.0 Å². The van der Waals surface area contributed by atoms with Crippen molar-refractivity contribution in [1.29, 1.82) is 0 Å². The van der Waals surface area contributed by atoms with Gasteiger partial charge in [-0.25, -0.2) is 0 Å². The van der Waals surface area contributed by atoms with E-state index in [4.69, 9.17) is 4.74 Å². The Hall–Kier alpha value is -2.46. The van der Waals surface area contributed by atoms with Crippen LogP contribution in [-0.2, 0) is 14.3 Å². The van der Waals surface area contributed by atoms with E-state index < -0.39 is 5.92 Å². The van der Waals surface area contributed by atoms with Gasteiger partial charge < -0.3 is 10.1 Å². The summed E-state index contributed by atoms with van der Waals surface area (Å²) in [6.45, 7) is 2.11. The number of carbonyl (C=O) groups excluding carboxylic acids is 2. The summed E-state index contributed by atoms with van der Waals surface area (Å²) in [5.74, 6) is -0.613. The summed E-state index contributed by atoms with van der Waals surface area (Å²) in [5, 5.41) is 3.59. The second-order valence-electron chi connectivity index (χ2n) is 6.30. The first-order chi connectivity index (χ1) is 12.2. The molecule has 3 atom stereocenters. The highest BCUT2D eigenvalue weighted by atomic mass is 16.5. The Balaban J connectivity index is 1.87. The van der Waals surface area contributed by atoms with E-state index in [1.165, 1.54) is 0 Å². The van der Waals surface area contributed by atoms with Crippen LogP contribution >= 0.6 is 0 Å². The predicted molar refractivity (Wildman–Crippen MR) is 95.9 cm³/mol. The maximum Gasteiger partial charge on any atom is 0.306 e. The van der Waals surface area contributed by atoms with E-state index in [9.17, 15) is 9.59 Å². The quantitative estimate of drug-likeness (QED) is 0.847. The average molecular weight is 337 g/mol.